The van der Waals surface area contributed by atoms with Crippen molar-refractivity contribution in [3.63, 3.8) is 0 Å². The fourth-order valence-corrected chi connectivity index (χ4v) is 3.47. The van der Waals surface area contributed by atoms with Crippen molar-refractivity contribution in [1.29, 1.82) is 0 Å². The molecule has 0 saturated heterocycles. The molecule has 0 aliphatic rings. The minimum absolute atomic E-state index is 0.0458. The molecule has 12 nitrogen and oxygen atoms in total. The number of H-pyrrole nitrogens is 1. The van der Waals surface area contributed by atoms with Crippen LogP contribution in [0.1, 0.15) is 5.69 Å². The minimum atomic E-state index is -3.85. The molecule has 0 atom stereocenters. The normalized spacial score (nSPS) is 11.4. The molecule has 32 heavy (non-hydrogen) atoms. The van der Waals surface area contributed by atoms with Crippen LogP contribution >= 0.6 is 0 Å². The van der Waals surface area contributed by atoms with Crippen molar-refractivity contribution in [3.05, 3.63) is 60.3 Å². The number of benzene rings is 2. The Labute approximate surface area is 181 Å². The molecule has 13 heteroatoms. The number of primary sulfonamides is 1. The van der Waals surface area contributed by atoms with E-state index >= 15 is 0 Å². The van der Waals surface area contributed by atoms with E-state index in [1.165, 1.54) is 12.1 Å². The maximum Gasteiger partial charge on any atom is 0.338 e. The standard InChI is InChI=1S/C19H17N7O5S/c20-19(27)26(28)10-14-16(24-25-23-14)18-22-15(11-4-2-1-3-5-11)17(31-18)12-6-8-13(9-7-12)32(21,29)30/h1-9,28H,10H2,(H2,20,27)(H2,21,29,30)(H,23,24,25). The molecule has 2 aromatic carbocycles. The van der Waals surface area contributed by atoms with Gasteiger partial charge in [-0.15, -0.1) is 0 Å². The van der Waals surface area contributed by atoms with Crippen LogP contribution in [0.2, 0.25) is 0 Å². The van der Waals surface area contributed by atoms with E-state index in [9.17, 15) is 18.4 Å². The molecule has 0 fully saturated rings. The Morgan fingerprint density at radius 1 is 1.03 bits per heavy atom. The lowest BCUT2D eigenvalue weighted by Crippen LogP contribution is -2.32. The third kappa shape index (κ3) is 4.20. The molecule has 2 amide bonds. The van der Waals surface area contributed by atoms with Gasteiger partial charge in [0.15, 0.2) is 11.5 Å². The zero-order chi connectivity index (χ0) is 22.9. The van der Waals surface area contributed by atoms with Crippen LogP contribution < -0.4 is 10.9 Å². The number of aromatic amines is 1. The Morgan fingerprint density at radius 3 is 2.34 bits per heavy atom. The number of carbonyl (C=O) groups is 1. The number of carbonyl (C=O) groups excluding carboxylic acids is 1. The van der Waals surface area contributed by atoms with E-state index in [0.29, 0.717) is 17.0 Å². The molecule has 2 aromatic heterocycles. The number of hydroxylamine groups is 2. The molecule has 0 aliphatic heterocycles. The predicted molar refractivity (Wildman–Crippen MR) is 111 cm³/mol. The zero-order valence-electron chi connectivity index (χ0n) is 16.3. The van der Waals surface area contributed by atoms with Crippen molar-refractivity contribution in [1.82, 2.24) is 25.5 Å². The summed E-state index contributed by atoms with van der Waals surface area (Å²) in [6.07, 6.45) is 0. The molecule has 2 heterocycles. The number of sulfonamides is 1. The van der Waals surface area contributed by atoms with Gasteiger partial charge >= 0.3 is 6.03 Å². The number of urea groups is 1. The molecule has 4 rings (SSSR count). The van der Waals surface area contributed by atoms with Crippen molar-refractivity contribution in [3.8, 4) is 34.2 Å². The van der Waals surface area contributed by atoms with E-state index in [-0.39, 0.29) is 33.8 Å². The lowest BCUT2D eigenvalue weighted by atomic mass is 10.1. The van der Waals surface area contributed by atoms with Gasteiger partial charge in [-0.05, 0) is 24.3 Å². The van der Waals surface area contributed by atoms with Crippen molar-refractivity contribution in [2.45, 2.75) is 11.4 Å². The highest BCUT2D eigenvalue weighted by molar-refractivity contribution is 7.89. The molecule has 4 aromatic rings. The average Bonchev–Trinajstić information content (AvgIpc) is 3.40. The van der Waals surface area contributed by atoms with Crippen molar-refractivity contribution >= 4 is 16.1 Å². The van der Waals surface area contributed by atoms with Crippen molar-refractivity contribution < 1.29 is 22.8 Å². The number of rotatable bonds is 6. The van der Waals surface area contributed by atoms with E-state index in [2.05, 4.69) is 20.4 Å². The van der Waals surface area contributed by atoms with Gasteiger partial charge in [-0.2, -0.15) is 15.4 Å². The Kier molecular flexibility index (Phi) is 5.44. The van der Waals surface area contributed by atoms with E-state index in [4.69, 9.17) is 15.3 Å². The summed E-state index contributed by atoms with van der Waals surface area (Å²) >= 11 is 0. The smallest absolute Gasteiger partial charge is 0.338 e. The van der Waals surface area contributed by atoms with Crippen molar-refractivity contribution in [2.75, 3.05) is 0 Å². The van der Waals surface area contributed by atoms with E-state index in [1.807, 2.05) is 30.3 Å². The molecule has 0 aliphatic carbocycles. The van der Waals surface area contributed by atoms with Gasteiger partial charge in [-0.3, -0.25) is 5.21 Å². The molecule has 0 bridgehead atoms. The highest BCUT2D eigenvalue weighted by atomic mass is 32.2. The van der Waals surface area contributed by atoms with Crippen LogP contribution in [0.3, 0.4) is 0 Å². The number of oxazole rings is 1. The first-order valence-electron chi connectivity index (χ1n) is 9.09. The number of hydrogen-bond acceptors (Lipinski definition) is 8. The summed E-state index contributed by atoms with van der Waals surface area (Å²) in [6, 6.07) is 13.9. The Morgan fingerprint density at radius 2 is 1.72 bits per heavy atom. The summed E-state index contributed by atoms with van der Waals surface area (Å²) in [4.78, 5) is 15.6. The predicted octanol–water partition coefficient (Wildman–Crippen LogP) is 1.71. The van der Waals surface area contributed by atoms with Gasteiger partial charge in [0.2, 0.25) is 15.9 Å². The Hall–Kier alpha value is -4.07. The number of nitrogens with zero attached hydrogens (tertiary/aromatic N) is 4. The maximum atomic E-state index is 11.6. The molecular weight excluding hydrogens is 438 g/mol. The molecule has 164 valence electrons. The van der Waals surface area contributed by atoms with Gasteiger partial charge < -0.3 is 10.2 Å². The second-order valence-electron chi connectivity index (χ2n) is 6.65. The summed E-state index contributed by atoms with van der Waals surface area (Å²) in [6.45, 7) is -0.345. The van der Waals surface area contributed by atoms with Gasteiger partial charge in [0, 0.05) is 11.1 Å². The molecular formula is C19H17N7O5S. The lowest BCUT2D eigenvalue weighted by Gasteiger charge is -2.09. The van der Waals surface area contributed by atoms with Gasteiger partial charge in [0.25, 0.3) is 0 Å². The topological polar surface area (TPSA) is 194 Å². The summed E-state index contributed by atoms with van der Waals surface area (Å²) < 4.78 is 29.1. The molecule has 0 unspecified atom stereocenters. The van der Waals surface area contributed by atoms with Gasteiger partial charge in [0.1, 0.15) is 11.4 Å². The minimum Gasteiger partial charge on any atom is -0.434 e. The summed E-state index contributed by atoms with van der Waals surface area (Å²) in [5, 5.41) is 25.4. The van der Waals surface area contributed by atoms with Crippen LogP contribution in [0.4, 0.5) is 4.79 Å². The van der Waals surface area contributed by atoms with Gasteiger partial charge in [-0.1, -0.05) is 30.3 Å². The summed E-state index contributed by atoms with van der Waals surface area (Å²) in [5.41, 5.74) is 7.13. The maximum absolute atomic E-state index is 11.6. The summed E-state index contributed by atoms with van der Waals surface area (Å²) in [7, 11) is -3.85. The average molecular weight is 455 g/mol. The Bertz CT molecular complexity index is 1360. The van der Waals surface area contributed by atoms with Crippen LogP contribution in [0, 0.1) is 0 Å². The largest absolute Gasteiger partial charge is 0.434 e. The van der Waals surface area contributed by atoms with Gasteiger partial charge in [0.05, 0.1) is 11.4 Å². The number of nitrogens with one attached hydrogen (secondary N) is 1. The quantitative estimate of drug-likeness (QED) is 0.249. The zero-order valence-corrected chi connectivity index (χ0v) is 17.2. The number of aromatic nitrogens is 4. The van der Waals surface area contributed by atoms with E-state index in [0.717, 1.165) is 5.56 Å². The first-order chi connectivity index (χ1) is 15.2. The highest BCUT2D eigenvalue weighted by Gasteiger charge is 2.24. The first-order valence-corrected chi connectivity index (χ1v) is 10.6. The van der Waals surface area contributed by atoms with Crippen molar-refractivity contribution in [2.24, 2.45) is 10.9 Å². The fourth-order valence-electron chi connectivity index (χ4n) is 2.96. The van der Waals surface area contributed by atoms with E-state index in [1.54, 1.807) is 12.1 Å². The second kappa shape index (κ2) is 8.22. The highest BCUT2D eigenvalue weighted by Crippen LogP contribution is 2.36. The van der Waals surface area contributed by atoms with E-state index < -0.39 is 16.1 Å². The van der Waals surface area contributed by atoms with Gasteiger partial charge in [-0.25, -0.2) is 28.4 Å². The number of nitrogens with two attached hydrogens (primary N) is 2. The monoisotopic (exact) mass is 455 g/mol. The number of hydrogen-bond donors (Lipinski definition) is 4. The second-order valence-corrected chi connectivity index (χ2v) is 8.21. The van der Waals surface area contributed by atoms with Crippen LogP contribution in [0.5, 0.6) is 0 Å². The molecule has 0 saturated carbocycles. The fraction of sp³-hybridized carbons (Fsp3) is 0.0526. The SMILES string of the molecule is NC(=O)N(O)Cc1n[nH]nc1-c1nc(-c2ccccc2)c(-c2ccc(S(N)(=O)=O)cc2)o1. The Balaban J connectivity index is 1.82. The number of amides is 2. The third-order valence-corrected chi connectivity index (χ3v) is 5.43. The third-order valence-electron chi connectivity index (χ3n) is 4.50. The van der Waals surface area contributed by atoms with Crippen LogP contribution in [0.25, 0.3) is 34.2 Å². The molecule has 0 radical (unpaired) electrons. The summed E-state index contributed by atoms with van der Waals surface area (Å²) in [5.74, 6) is 0.410. The van der Waals surface area contributed by atoms with Crippen LogP contribution in [0.15, 0.2) is 63.9 Å². The molecule has 6 N–H and O–H groups in total. The molecule has 0 spiro atoms. The first kappa shape index (κ1) is 21.2. The lowest BCUT2D eigenvalue weighted by molar-refractivity contribution is -0.0478. The number of primary amides is 1. The van der Waals surface area contributed by atoms with Crippen LogP contribution in [-0.2, 0) is 16.6 Å². The van der Waals surface area contributed by atoms with Crippen LogP contribution in [-0.4, -0.2) is 45.1 Å².